The number of benzene rings is 2. The number of anilines is 2. The largest absolute Gasteiger partial charge is 0.370 e. The van der Waals surface area contributed by atoms with Gasteiger partial charge in [-0.15, -0.1) is 0 Å². The van der Waals surface area contributed by atoms with Crippen molar-refractivity contribution in [3.8, 4) is 11.3 Å². The van der Waals surface area contributed by atoms with Crippen LogP contribution in [0.15, 0.2) is 54.6 Å². The molecule has 0 radical (unpaired) electrons. The Kier molecular flexibility index (Phi) is 9.00. The van der Waals surface area contributed by atoms with E-state index in [-0.39, 0.29) is 0 Å². The molecular formula is C24H30ClN5S. The molecule has 1 fully saturated rings. The van der Waals surface area contributed by atoms with Crippen LogP contribution in [0.2, 0.25) is 5.15 Å². The highest BCUT2D eigenvalue weighted by molar-refractivity contribution is 7.99. The molecular weight excluding hydrogens is 426 g/mol. The molecule has 0 spiro atoms. The first-order chi connectivity index (χ1) is 15.1. The lowest BCUT2D eigenvalue weighted by Crippen LogP contribution is -2.27. The second-order valence-electron chi connectivity index (χ2n) is 7.40. The fourth-order valence-electron chi connectivity index (χ4n) is 3.64. The van der Waals surface area contributed by atoms with E-state index >= 15 is 0 Å². The first-order valence-electron chi connectivity index (χ1n) is 10.5. The number of halogens is 1. The summed E-state index contributed by atoms with van der Waals surface area (Å²) < 4.78 is 3.01. The quantitative estimate of drug-likeness (QED) is 0.395. The van der Waals surface area contributed by atoms with Crippen molar-refractivity contribution in [2.45, 2.75) is 20.3 Å². The SMILES string of the molecule is CSNc1nc(Cl)cc(-c2c(C)cccc2C)n1.c1ccc(N2CCCNCC2)cc1. The third-order valence-electron chi connectivity index (χ3n) is 5.09. The highest BCUT2D eigenvalue weighted by Gasteiger charge is 2.10. The molecule has 5 nitrogen and oxygen atoms in total. The Balaban J connectivity index is 0.000000185. The Morgan fingerprint density at radius 1 is 0.968 bits per heavy atom. The number of para-hydroxylation sites is 1. The van der Waals surface area contributed by atoms with E-state index in [4.69, 9.17) is 11.6 Å². The van der Waals surface area contributed by atoms with Crippen LogP contribution in [0, 0.1) is 13.8 Å². The van der Waals surface area contributed by atoms with Gasteiger partial charge < -0.3 is 10.2 Å². The van der Waals surface area contributed by atoms with Gasteiger partial charge in [0.15, 0.2) is 0 Å². The standard InChI is InChI=1S/C13H14ClN3S.C11H16N2/c1-8-5-4-6-9(2)12(8)10-7-11(14)16-13(15-10)17-18-3;1-2-5-11(6-3-1)13-9-4-7-12-8-10-13/h4-7H,1-3H3,(H,15,16,17);1-3,5-6,12H,4,7-10H2. The minimum atomic E-state index is 0.444. The fraction of sp³-hybridized carbons (Fsp3) is 0.333. The summed E-state index contributed by atoms with van der Waals surface area (Å²) in [7, 11) is 0. The molecule has 1 aliphatic rings. The van der Waals surface area contributed by atoms with Crippen molar-refractivity contribution in [1.29, 1.82) is 0 Å². The van der Waals surface area contributed by atoms with Crippen LogP contribution in [-0.2, 0) is 0 Å². The maximum atomic E-state index is 6.04. The van der Waals surface area contributed by atoms with Crippen molar-refractivity contribution in [1.82, 2.24) is 15.3 Å². The Bertz CT molecular complexity index is 939. The zero-order valence-corrected chi connectivity index (χ0v) is 19.9. The molecule has 1 aliphatic heterocycles. The third kappa shape index (κ3) is 6.86. The van der Waals surface area contributed by atoms with Gasteiger partial charge in [0.1, 0.15) is 5.15 Å². The number of aromatic nitrogens is 2. The Labute approximate surface area is 194 Å². The van der Waals surface area contributed by atoms with Crippen molar-refractivity contribution in [3.63, 3.8) is 0 Å². The van der Waals surface area contributed by atoms with E-state index in [1.54, 1.807) is 6.07 Å². The van der Waals surface area contributed by atoms with E-state index in [9.17, 15) is 0 Å². The molecule has 2 N–H and O–H groups in total. The normalized spacial score (nSPS) is 13.7. The summed E-state index contributed by atoms with van der Waals surface area (Å²) in [4.78, 5) is 11.1. The molecule has 0 unspecified atom stereocenters. The van der Waals surface area contributed by atoms with Gasteiger partial charge in [0.05, 0.1) is 5.69 Å². The molecule has 1 aromatic heterocycles. The van der Waals surface area contributed by atoms with Crippen LogP contribution < -0.4 is 14.9 Å². The molecule has 2 aromatic carbocycles. The number of hydrogen-bond donors (Lipinski definition) is 2. The van der Waals surface area contributed by atoms with Crippen LogP contribution in [-0.4, -0.2) is 42.4 Å². The van der Waals surface area contributed by atoms with Crippen molar-refractivity contribution < 1.29 is 0 Å². The Morgan fingerprint density at radius 3 is 2.42 bits per heavy atom. The summed E-state index contributed by atoms with van der Waals surface area (Å²) in [6.07, 6.45) is 3.16. The highest BCUT2D eigenvalue weighted by Crippen LogP contribution is 2.28. The zero-order chi connectivity index (χ0) is 22.1. The number of hydrogen-bond acceptors (Lipinski definition) is 6. The van der Waals surface area contributed by atoms with E-state index in [0.717, 1.165) is 30.9 Å². The molecule has 7 heteroatoms. The van der Waals surface area contributed by atoms with Gasteiger partial charge in [-0.05, 0) is 50.1 Å². The van der Waals surface area contributed by atoms with Crippen molar-refractivity contribution in [2.24, 2.45) is 0 Å². The minimum absolute atomic E-state index is 0.444. The summed E-state index contributed by atoms with van der Waals surface area (Å²) in [6.45, 7) is 8.71. The van der Waals surface area contributed by atoms with Gasteiger partial charge >= 0.3 is 0 Å². The molecule has 0 atom stereocenters. The number of nitrogens with one attached hydrogen (secondary N) is 2. The van der Waals surface area contributed by atoms with E-state index < -0.39 is 0 Å². The van der Waals surface area contributed by atoms with E-state index in [2.05, 4.69) is 81.2 Å². The molecule has 2 heterocycles. The van der Waals surface area contributed by atoms with Gasteiger partial charge in [-0.2, -0.15) is 0 Å². The summed E-state index contributed by atoms with van der Waals surface area (Å²) >= 11 is 7.48. The van der Waals surface area contributed by atoms with Gasteiger partial charge in [0, 0.05) is 43.2 Å². The Hall–Kier alpha value is -2.28. The topological polar surface area (TPSA) is 53.1 Å². The summed E-state index contributed by atoms with van der Waals surface area (Å²) in [5.41, 5.74) is 5.68. The molecule has 3 aromatic rings. The molecule has 0 saturated carbocycles. The average molecular weight is 456 g/mol. The van der Waals surface area contributed by atoms with Crippen molar-refractivity contribution >= 4 is 35.2 Å². The van der Waals surface area contributed by atoms with E-state index in [1.807, 2.05) is 12.3 Å². The number of nitrogens with zero attached hydrogens (tertiary/aromatic N) is 3. The average Bonchev–Trinajstić information content (AvgIpc) is 3.04. The zero-order valence-electron chi connectivity index (χ0n) is 18.4. The molecule has 1 saturated heterocycles. The number of rotatable bonds is 4. The smallest absolute Gasteiger partial charge is 0.234 e. The predicted octanol–water partition coefficient (Wildman–Crippen LogP) is 5.59. The lowest BCUT2D eigenvalue weighted by molar-refractivity contribution is 0.724. The molecule has 0 amide bonds. The maximum Gasteiger partial charge on any atom is 0.234 e. The highest BCUT2D eigenvalue weighted by atomic mass is 35.5. The third-order valence-corrected chi connectivity index (χ3v) is 5.67. The van der Waals surface area contributed by atoms with Crippen LogP contribution in [0.1, 0.15) is 17.5 Å². The molecule has 0 aliphatic carbocycles. The monoisotopic (exact) mass is 455 g/mol. The molecule has 31 heavy (non-hydrogen) atoms. The lowest BCUT2D eigenvalue weighted by atomic mass is 10.00. The van der Waals surface area contributed by atoms with Gasteiger partial charge in [0.2, 0.25) is 5.95 Å². The molecule has 0 bridgehead atoms. The summed E-state index contributed by atoms with van der Waals surface area (Å²) in [5, 5.41) is 3.85. The van der Waals surface area contributed by atoms with Crippen LogP contribution in [0.25, 0.3) is 11.3 Å². The first kappa shape index (κ1) is 23.4. The molecule has 4 rings (SSSR count). The Morgan fingerprint density at radius 2 is 1.71 bits per heavy atom. The fourth-order valence-corrected chi connectivity index (χ4v) is 4.10. The summed E-state index contributed by atoms with van der Waals surface area (Å²) in [6, 6.07) is 18.6. The van der Waals surface area contributed by atoms with Crippen LogP contribution in [0.5, 0.6) is 0 Å². The second kappa shape index (κ2) is 11.9. The summed E-state index contributed by atoms with van der Waals surface area (Å²) in [5.74, 6) is 0.535. The van der Waals surface area contributed by atoms with Gasteiger partial charge in [0.25, 0.3) is 0 Å². The van der Waals surface area contributed by atoms with E-state index in [1.165, 1.54) is 41.7 Å². The lowest BCUT2D eigenvalue weighted by Gasteiger charge is -2.21. The van der Waals surface area contributed by atoms with Crippen LogP contribution >= 0.6 is 23.5 Å². The maximum absolute atomic E-state index is 6.04. The van der Waals surface area contributed by atoms with Crippen LogP contribution in [0.3, 0.4) is 0 Å². The van der Waals surface area contributed by atoms with Gasteiger partial charge in [-0.1, -0.05) is 59.9 Å². The minimum Gasteiger partial charge on any atom is -0.370 e. The first-order valence-corrected chi connectivity index (χ1v) is 12.1. The van der Waals surface area contributed by atoms with Crippen molar-refractivity contribution in [2.75, 3.05) is 42.1 Å². The van der Waals surface area contributed by atoms with Crippen LogP contribution in [0.4, 0.5) is 11.6 Å². The second-order valence-corrected chi connectivity index (χ2v) is 8.40. The predicted molar refractivity (Wildman–Crippen MR) is 135 cm³/mol. The van der Waals surface area contributed by atoms with Crippen molar-refractivity contribution in [3.05, 3.63) is 70.9 Å². The molecule has 164 valence electrons. The van der Waals surface area contributed by atoms with E-state index in [0.29, 0.717) is 11.1 Å². The van der Waals surface area contributed by atoms with Gasteiger partial charge in [-0.3, -0.25) is 4.72 Å². The number of aryl methyl sites for hydroxylation is 2. The van der Waals surface area contributed by atoms with Gasteiger partial charge in [-0.25, -0.2) is 9.97 Å².